The lowest BCUT2D eigenvalue weighted by Crippen LogP contribution is -2.21. The second-order valence-electron chi connectivity index (χ2n) is 4.49. The van der Waals surface area contributed by atoms with Crippen LogP contribution in [0.5, 0.6) is 0 Å². The van der Waals surface area contributed by atoms with Gasteiger partial charge in [-0.2, -0.15) is 13.2 Å². The number of carbonyl (C=O) groups is 1. The van der Waals surface area contributed by atoms with Crippen molar-refractivity contribution in [1.82, 2.24) is 10.2 Å². The van der Waals surface area contributed by atoms with E-state index in [1.807, 2.05) is 30.3 Å². The molecule has 0 saturated heterocycles. The highest BCUT2D eigenvalue weighted by atomic mass is 19.4. The van der Waals surface area contributed by atoms with Gasteiger partial charge in [-0.1, -0.05) is 41.5 Å². The molecule has 126 valence electrons. The molecule has 0 radical (unpaired) electrons. The summed E-state index contributed by atoms with van der Waals surface area (Å²) in [4.78, 5) is 8.90. The van der Waals surface area contributed by atoms with E-state index in [-0.39, 0.29) is 0 Å². The SMILES string of the molecule is CNc1nnc(-c2cccc3ccccc23)o1.O=C(O)C(F)(F)F. The molecule has 3 rings (SSSR count). The van der Waals surface area contributed by atoms with Crippen LogP contribution in [-0.4, -0.2) is 34.5 Å². The Morgan fingerprint density at radius 1 is 1.12 bits per heavy atom. The number of fused-ring (bicyclic) bond motifs is 1. The molecule has 0 amide bonds. The number of nitrogens with one attached hydrogen (secondary N) is 1. The van der Waals surface area contributed by atoms with Crippen LogP contribution in [0.1, 0.15) is 0 Å². The summed E-state index contributed by atoms with van der Waals surface area (Å²) in [5, 5.41) is 20.1. The second-order valence-corrected chi connectivity index (χ2v) is 4.49. The number of carboxylic acids is 1. The number of carboxylic acid groups (broad SMARTS) is 1. The summed E-state index contributed by atoms with van der Waals surface area (Å²) in [6.07, 6.45) is -5.08. The predicted molar refractivity (Wildman–Crippen MR) is 80.5 cm³/mol. The van der Waals surface area contributed by atoms with Gasteiger partial charge in [0.2, 0.25) is 5.89 Å². The molecule has 9 heteroatoms. The number of alkyl halides is 3. The molecule has 3 aromatic rings. The molecule has 0 aliphatic carbocycles. The number of hydrogen-bond acceptors (Lipinski definition) is 5. The smallest absolute Gasteiger partial charge is 0.475 e. The first-order chi connectivity index (χ1) is 11.3. The van der Waals surface area contributed by atoms with Gasteiger partial charge in [-0.3, -0.25) is 0 Å². The fourth-order valence-corrected chi connectivity index (χ4v) is 1.84. The van der Waals surface area contributed by atoms with Crippen molar-refractivity contribution in [3.05, 3.63) is 42.5 Å². The summed E-state index contributed by atoms with van der Waals surface area (Å²) in [5.74, 6) is -2.22. The van der Waals surface area contributed by atoms with E-state index in [0.29, 0.717) is 11.9 Å². The predicted octanol–water partition coefficient (Wildman–Crippen LogP) is 3.56. The van der Waals surface area contributed by atoms with Gasteiger partial charge in [0, 0.05) is 12.6 Å². The first-order valence-corrected chi connectivity index (χ1v) is 6.62. The third-order valence-corrected chi connectivity index (χ3v) is 2.90. The molecule has 2 N–H and O–H groups in total. The van der Waals surface area contributed by atoms with Crippen LogP contribution in [-0.2, 0) is 4.79 Å². The number of nitrogens with zero attached hydrogens (tertiary/aromatic N) is 2. The number of hydrogen-bond donors (Lipinski definition) is 2. The van der Waals surface area contributed by atoms with Crippen LogP contribution in [0.2, 0.25) is 0 Å². The Labute approximate surface area is 133 Å². The minimum atomic E-state index is -5.08. The summed E-state index contributed by atoms with van der Waals surface area (Å²) in [6.45, 7) is 0. The number of halogens is 3. The summed E-state index contributed by atoms with van der Waals surface area (Å²) < 4.78 is 37.2. The van der Waals surface area contributed by atoms with Crippen molar-refractivity contribution >= 4 is 22.8 Å². The molecule has 0 atom stereocenters. The number of aliphatic carboxylic acids is 1. The van der Waals surface area contributed by atoms with E-state index in [1.54, 1.807) is 7.05 Å². The zero-order chi connectivity index (χ0) is 17.7. The Balaban J connectivity index is 0.000000256. The first kappa shape index (κ1) is 17.3. The molecule has 0 bridgehead atoms. The van der Waals surface area contributed by atoms with Gasteiger partial charge in [0.1, 0.15) is 0 Å². The van der Waals surface area contributed by atoms with E-state index in [1.165, 1.54) is 0 Å². The van der Waals surface area contributed by atoms with Crippen molar-refractivity contribution in [2.75, 3.05) is 12.4 Å². The molecule has 0 fully saturated rings. The van der Waals surface area contributed by atoms with E-state index in [2.05, 4.69) is 27.6 Å². The van der Waals surface area contributed by atoms with Gasteiger partial charge < -0.3 is 14.8 Å². The van der Waals surface area contributed by atoms with Gasteiger partial charge in [0.25, 0.3) is 0 Å². The van der Waals surface area contributed by atoms with Crippen LogP contribution < -0.4 is 5.32 Å². The van der Waals surface area contributed by atoms with Crippen LogP contribution in [0.4, 0.5) is 19.2 Å². The molecule has 0 spiro atoms. The van der Waals surface area contributed by atoms with E-state index in [0.717, 1.165) is 16.3 Å². The number of rotatable bonds is 2. The highest BCUT2D eigenvalue weighted by molar-refractivity contribution is 5.94. The average Bonchev–Trinajstić information content (AvgIpc) is 3.03. The van der Waals surface area contributed by atoms with Crippen LogP contribution in [0.3, 0.4) is 0 Å². The Morgan fingerprint density at radius 3 is 2.33 bits per heavy atom. The molecular weight excluding hydrogens is 327 g/mol. The largest absolute Gasteiger partial charge is 0.490 e. The Kier molecular flexibility index (Phi) is 5.02. The van der Waals surface area contributed by atoms with Gasteiger partial charge in [-0.15, -0.1) is 5.10 Å². The van der Waals surface area contributed by atoms with Crippen LogP contribution in [0, 0.1) is 0 Å². The summed E-state index contributed by atoms with van der Waals surface area (Å²) in [5.41, 5.74) is 0.956. The van der Waals surface area contributed by atoms with Crippen molar-refractivity contribution < 1.29 is 27.5 Å². The lowest BCUT2D eigenvalue weighted by atomic mass is 10.0. The van der Waals surface area contributed by atoms with Gasteiger partial charge in [0.05, 0.1) is 0 Å². The molecule has 24 heavy (non-hydrogen) atoms. The summed E-state index contributed by atoms with van der Waals surface area (Å²) in [7, 11) is 1.75. The molecule has 1 aromatic heterocycles. The number of aromatic nitrogens is 2. The zero-order valence-electron chi connectivity index (χ0n) is 12.3. The molecule has 0 aliphatic rings. The lowest BCUT2D eigenvalue weighted by molar-refractivity contribution is -0.192. The highest BCUT2D eigenvalue weighted by Crippen LogP contribution is 2.28. The van der Waals surface area contributed by atoms with Crippen LogP contribution in [0.15, 0.2) is 46.9 Å². The quantitative estimate of drug-likeness (QED) is 0.742. The Bertz CT molecular complexity index is 841. The minimum Gasteiger partial charge on any atom is -0.475 e. The fraction of sp³-hybridized carbons (Fsp3) is 0.133. The Morgan fingerprint density at radius 2 is 1.75 bits per heavy atom. The number of benzene rings is 2. The normalized spacial score (nSPS) is 10.8. The van der Waals surface area contributed by atoms with Crippen LogP contribution in [0.25, 0.3) is 22.2 Å². The summed E-state index contributed by atoms with van der Waals surface area (Å²) >= 11 is 0. The standard InChI is InChI=1S/C13H11N3O.C2HF3O2/c1-14-13-16-15-12(17-13)11-8-4-6-9-5-2-3-7-10(9)11;3-2(4,5)1(6)7/h2-8H,1H3,(H,14,16);(H,6,7). The highest BCUT2D eigenvalue weighted by Gasteiger charge is 2.38. The third kappa shape index (κ3) is 4.00. The average molecular weight is 339 g/mol. The monoisotopic (exact) mass is 339 g/mol. The molecule has 2 aromatic carbocycles. The van der Waals surface area contributed by atoms with E-state index < -0.39 is 12.1 Å². The maximum Gasteiger partial charge on any atom is 0.490 e. The molecule has 0 saturated carbocycles. The maximum absolute atomic E-state index is 10.6. The third-order valence-electron chi connectivity index (χ3n) is 2.90. The molecular formula is C15H12F3N3O3. The van der Waals surface area contributed by atoms with Crippen molar-refractivity contribution in [2.24, 2.45) is 0 Å². The van der Waals surface area contributed by atoms with E-state index in [4.69, 9.17) is 14.3 Å². The van der Waals surface area contributed by atoms with Crippen molar-refractivity contribution in [3.63, 3.8) is 0 Å². The zero-order valence-corrected chi connectivity index (χ0v) is 12.3. The topological polar surface area (TPSA) is 88.3 Å². The lowest BCUT2D eigenvalue weighted by Gasteiger charge is -2.01. The minimum absolute atomic E-state index is 0.424. The first-order valence-electron chi connectivity index (χ1n) is 6.62. The second kappa shape index (κ2) is 6.99. The van der Waals surface area contributed by atoms with E-state index >= 15 is 0 Å². The Hall–Kier alpha value is -3.10. The van der Waals surface area contributed by atoms with Gasteiger partial charge >= 0.3 is 18.2 Å². The van der Waals surface area contributed by atoms with Gasteiger partial charge in [0.15, 0.2) is 0 Å². The maximum atomic E-state index is 10.6. The number of anilines is 1. The molecule has 0 aliphatic heterocycles. The van der Waals surface area contributed by atoms with Crippen molar-refractivity contribution in [1.29, 1.82) is 0 Å². The van der Waals surface area contributed by atoms with Gasteiger partial charge in [-0.05, 0) is 16.8 Å². The van der Waals surface area contributed by atoms with E-state index in [9.17, 15) is 13.2 Å². The fourth-order valence-electron chi connectivity index (χ4n) is 1.84. The van der Waals surface area contributed by atoms with Crippen molar-refractivity contribution in [3.8, 4) is 11.5 Å². The van der Waals surface area contributed by atoms with Crippen molar-refractivity contribution in [2.45, 2.75) is 6.18 Å². The molecule has 1 heterocycles. The molecule has 0 unspecified atom stereocenters. The molecule has 6 nitrogen and oxygen atoms in total. The van der Waals surface area contributed by atoms with Gasteiger partial charge in [-0.25, -0.2) is 4.79 Å². The summed E-state index contributed by atoms with van der Waals surface area (Å²) in [6, 6.07) is 14.6. The van der Waals surface area contributed by atoms with Crippen LogP contribution >= 0.6 is 0 Å².